The number of alkyl halides is 1. The third kappa shape index (κ3) is 2.44. The number of aromatic amines is 1. The second-order valence-electron chi connectivity index (χ2n) is 5.27. The van der Waals surface area contributed by atoms with Gasteiger partial charge in [-0.05, 0) is 25.0 Å². The van der Waals surface area contributed by atoms with Crippen LogP contribution >= 0.6 is 11.6 Å². The Labute approximate surface area is 130 Å². The lowest BCUT2D eigenvalue weighted by Gasteiger charge is -2.15. The third-order valence-corrected chi connectivity index (χ3v) is 4.31. The maximum absolute atomic E-state index is 12.2. The fourth-order valence-electron chi connectivity index (χ4n) is 2.41. The highest BCUT2D eigenvalue weighted by molar-refractivity contribution is 6.26. The summed E-state index contributed by atoms with van der Waals surface area (Å²) in [5, 5.41) is 18.2. The van der Waals surface area contributed by atoms with Crippen LogP contribution < -0.4 is 10.2 Å². The number of nitrogens with one attached hydrogen (secondary N) is 1. The fraction of sp³-hybridized carbons (Fsp3) is 0.333. The average molecular weight is 324 g/mol. The maximum atomic E-state index is 12.2. The Morgan fingerprint density at radius 3 is 2.73 bits per heavy atom. The number of aromatic carboxylic acids is 1. The summed E-state index contributed by atoms with van der Waals surface area (Å²) in [4.78, 5) is 25.6. The maximum Gasteiger partial charge on any atom is 0.341 e. The van der Waals surface area contributed by atoms with Gasteiger partial charge in [-0.2, -0.15) is 0 Å². The minimum absolute atomic E-state index is 0.0714. The largest absolute Gasteiger partial charge is 0.491 e. The molecule has 0 spiro atoms. The van der Waals surface area contributed by atoms with Gasteiger partial charge in [-0.1, -0.05) is 0 Å². The van der Waals surface area contributed by atoms with Crippen molar-refractivity contribution in [1.29, 1.82) is 0 Å². The fourth-order valence-corrected chi connectivity index (χ4v) is 2.65. The van der Waals surface area contributed by atoms with E-state index in [1.807, 2.05) is 0 Å². The topological polar surface area (TPSA) is 99.6 Å². The molecule has 6 nitrogen and oxygen atoms in total. The van der Waals surface area contributed by atoms with Gasteiger partial charge in [-0.25, -0.2) is 4.79 Å². The van der Waals surface area contributed by atoms with Gasteiger partial charge in [-0.3, -0.25) is 4.79 Å². The quantitative estimate of drug-likeness (QED) is 0.729. The summed E-state index contributed by atoms with van der Waals surface area (Å²) in [5.41, 5.74) is 0.337. The van der Waals surface area contributed by atoms with Crippen LogP contribution in [0.5, 0.6) is 5.75 Å². The minimum atomic E-state index is -1.29. The summed E-state index contributed by atoms with van der Waals surface area (Å²) in [5.74, 6) is -0.886. The average Bonchev–Trinajstić information content (AvgIpc) is 3.23. The van der Waals surface area contributed by atoms with E-state index in [1.165, 1.54) is 12.3 Å². The molecule has 0 radical (unpaired) electrons. The van der Waals surface area contributed by atoms with Gasteiger partial charge in [0.25, 0.3) is 0 Å². The zero-order valence-electron chi connectivity index (χ0n) is 11.6. The summed E-state index contributed by atoms with van der Waals surface area (Å²) in [7, 11) is 0. The molecule has 1 aliphatic carbocycles. The second kappa shape index (κ2) is 5.30. The molecule has 1 aliphatic rings. The van der Waals surface area contributed by atoms with Crippen LogP contribution in [0.25, 0.3) is 10.9 Å². The molecule has 0 atom stereocenters. The SMILES string of the molecule is O=C(O)c1c[nH]c2cc(C3(Cl)CC3)c(OCCO)cc2c1=O. The molecule has 0 unspecified atom stereocenters. The number of H-pyrrole nitrogens is 1. The Kier molecular flexibility index (Phi) is 3.58. The number of hydrogen-bond acceptors (Lipinski definition) is 4. The molecule has 1 aromatic carbocycles. The summed E-state index contributed by atoms with van der Waals surface area (Å²) >= 11 is 6.45. The summed E-state index contributed by atoms with van der Waals surface area (Å²) in [6, 6.07) is 3.21. The van der Waals surface area contributed by atoms with Crippen molar-refractivity contribution in [3.63, 3.8) is 0 Å². The van der Waals surface area contributed by atoms with Crippen molar-refractivity contribution in [2.45, 2.75) is 17.7 Å². The van der Waals surface area contributed by atoms with Gasteiger partial charge < -0.3 is 19.9 Å². The molecule has 1 aromatic heterocycles. The van der Waals surface area contributed by atoms with E-state index >= 15 is 0 Å². The number of halogens is 1. The van der Waals surface area contributed by atoms with Gasteiger partial charge in [0.2, 0.25) is 5.43 Å². The number of carboxylic acid groups (broad SMARTS) is 1. The molecule has 7 heteroatoms. The summed E-state index contributed by atoms with van der Waals surface area (Å²) < 4.78 is 5.48. The molecule has 22 heavy (non-hydrogen) atoms. The Balaban J connectivity index is 2.22. The highest BCUT2D eigenvalue weighted by Gasteiger charge is 2.44. The molecule has 0 amide bonds. The molecule has 3 N–H and O–H groups in total. The number of fused-ring (bicyclic) bond motifs is 1. The smallest absolute Gasteiger partial charge is 0.341 e. The first kappa shape index (κ1) is 14.9. The minimum Gasteiger partial charge on any atom is -0.491 e. The first-order valence-electron chi connectivity index (χ1n) is 6.82. The monoisotopic (exact) mass is 323 g/mol. The predicted octanol–water partition coefficient (Wildman–Crippen LogP) is 1.83. The lowest BCUT2D eigenvalue weighted by molar-refractivity contribution is 0.0695. The number of carbonyl (C=O) groups is 1. The number of ether oxygens (including phenoxy) is 1. The van der Waals surface area contributed by atoms with Gasteiger partial charge in [0.1, 0.15) is 17.9 Å². The van der Waals surface area contributed by atoms with Crippen LogP contribution in [0.15, 0.2) is 23.1 Å². The van der Waals surface area contributed by atoms with E-state index in [9.17, 15) is 9.59 Å². The number of aliphatic hydroxyl groups is 1. The van der Waals surface area contributed by atoms with Crippen LogP contribution in [0.2, 0.25) is 0 Å². The molecule has 0 aliphatic heterocycles. The standard InChI is InChI=1S/C15H14ClNO5/c16-15(1-2-15)10-6-11-8(5-12(10)22-4-3-18)13(19)9(7-17-11)14(20)21/h5-7,18H,1-4H2,(H,17,19)(H,20,21). The second-order valence-corrected chi connectivity index (χ2v) is 5.99. The molecule has 3 rings (SSSR count). The number of aliphatic hydroxyl groups excluding tert-OH is 1. The Morgan fingerprint density at radius 1 is 1.41 bits per heavy atom. The first-order chi connectivity index (χ1) is 10.5. The molecule has 1 fully saturated rings. The van der Waals surface area contributed by atoms with Crippen LogP contribution in [-0.2, 0) is 4.87 Å². The first-order valence-corrected chi connectivity index (χ1v) is 7.20. The van der Waals surface area contributed by atoms with E-state index < -0.39 is 16.3 Å². The molecule has 116 valence electrons. The predicted molar refractivity (Wildman–Crippen MR) is 80.9 cm³/mol. The van der Waals surface area contributed by atoms with Crippen LogP contribution in [0, 0.1) is 0 Å². The summed E-state index contributed by atoms with van der Waals surface area (Å²) in [6.07, 6.45) is 2.78. The van der Waals surface area contributed by atoms with E-state index in [-0.39, 0.29) is 24.2 Å². The molecule has 1 heterocycles. The van der Waals surface area contributed by atoms with Crippen molar-refractivity contribution >= 4 is 28.5 Å². The summed E-state index contributed by atoms with van der Waals surface area (Å²) in [6.45, 7) is -0.0969. The molecule has 2 aromatic rings. The normalized spacial score (nSPS) is 15.7. The number of rotatable bonds is 5. The number of pyridine rings is 1. The molecular weight excluding hydrogens is 310 g/mol. The Hall–Kier alpha value is -2.05. The lowest BCUT2D eigenvalue weighted by atomic mass is 10.0. The van der Waals surface area contributed by atoms with E-state index in [4.69, 9.17) is 26.6 Å². The van der Waals surface area contributed by atoms with Crippen LogP contribution in [0.1, 0.15) is 28.8 Å². The van der Waals surface area contributed by atoms with E-state index in [0.717, 1.165) is 18.4 Å². The van der Waals surface area contributed by atoms with Crippen molar-refractivity contribution in [2.24, 2.45) is 0 Å². The highest BCUT2D eigenvalue weighted by Crippen LogP contribution is 2.55. The van der Waals surface area contributed by atoms with Gasteiger partial charge >= 0.3 is 5.97 Å². The van der Waals surface area contributed by atoms with Gasteiger partial charge in [-0.15, -0.1) is 11.6 Å². The van der Waals surface area contributed by atoms with Crippen molar-refractivity contribution < 1.29 is 19.7 Å². The Morgan fingerprint density at radius 2 is 2.14 bits per heavy atom. The van der Waals surface area contributed by atoms with Crippen LogP contribution in [-0.4, -0.2) is 34.4 Å². The highest BCUT2D eigenvalue weighted by atomic mass is 35.5. The number of carboxylic acids is 1. The molecule has 0 saturated heterocycles. The van der Waals surface area contributed by atoms with Gasteiger partial charge in [0, 0.05) is 17.3 Å². The number of hydrogen-bond donors (Lipinski definition) is 3. The molecule has 1 saturated carbocycles. The van der Waals surface area contributed by atoms with E-state index in [0.29, 0.717) is 11.3 Å². The van der Waals surface area contributed by atoms with Crippen molar-refractivity contribution in [2.75, 3.05) is 13.2 Å². The van der Waals surface area contributed by atoms with Crippen molar-refractivity contribution in [3.05, 3.63) is 39.7 Å². The van der Waals surface area contributed by atoms with Crippen molar-refractivity contribution in [3.8, 4) is 5.75 Å². The van der Waals surface area contributed by atoms with Gasteiger partial charge in [0.15, 0.2) is 0 Å². The van der Waals surface area contributed by atoms with Crippen LogP contribution in [0.4, 0.5) is 0 Å². The lowest BCUT2D eigenvalue weighted by Crippen LogP contribution is -2.16. The third-order valence-electron chi connectivity index (χ3n) is 3.73. The van der Waals surface area contributed by atoms with E-state index in [1.54, 1.807) is 6.07 Å². The van der Waals surface area contributed by atoms with Gasteiger partial charge in [0.05, 0.1) is 16.9 Å². The zero-order valence-corrected chi connectivity index (χ0v) is 12.3. The Bertz CT molecular complexity index is 809. The zero-order chi connectivity index (χ0) is 15.9. The van der Waals surface area contributed by atoms with Crippen LogP contribution in [0.3, 0.4) is 0 Å². The molecule has 0 bridgehead atoms. The van der Waals surface area contributed by atoms with E-state index in [2.05, 4.69) is 4.98 Å². The number of aromatic nitrogens is 1. The van der Waals surface area contributed by atoms with Crippen molar-refractivity contribution in [1.82, 2.24) is 4.98 Å². The number of benzene rings is 1. The molecular formula is C15H14ClNO5.